The van der Waals surface area contributed by atoms with E-state index in [0.717, 1.165) is 25.8 Å². The number of likely N-dealkylation sites (tertiary alicyclic amines) is 1. The number of nitrogens with zero attached hydrogens (tertiary/aromatic N) is 1. The highest BCUT2D eigenvalue weighted by Gasteiger charge is 2.24. The van der Waals surface area contributed by atoms with Crippen molar-refractivity contribution in [2.24, 2.45) is 5.92 Å². The van der Waals surface area contributed by atoms with Gasteiger partial charge in [0.25, 0.3) is 0 Å². The Bertz CT molecular complexity index is 242. The van der Waals surface area contributed by atoms with Crippen molar-refractivity contribution in [3.8, 4) is 0 Å². The van der Waals surface area contributed by atoms with Crippen molar-refractivity contribution in [2.75, 3.05) is 6.54 Å². The van der Waals surface area contributed by atoms with Crippen LogP contribution in [0, 0.1) is 5.92 Å². The predicted octanol–water partition coefficient (Wildman–Crippen LogP) is 1.70. The molecule has 2 rings (SSSR count). The molecular weight excluding hydrogens is 150 g/mol. The molecule has 0 aromatic heterocycles. The van der Waals surface area contributed by atoms with Gasteiger partial charge in [-0.25, -0.2) is 0 Å². The van der Waals surface area contributed by atoms with Gasteiger partial charge in [0, 0.05) is 18.2 Å². The van der Waals surface area contributed by atoms with Crippen molar-refractivity contribution in [3.05, 3.63) is 23.9 Å². The first-order valence-corrected chi connectivity index (χ1v) is 4.50. The van der Waals surface area contributed by atoms with Crippen molar-refractivity contribution in [1.29, 1.82) is 0 Å². The van der Waals surface area contributed by atoms with Crippen molar-refractivity contribution >= 4 is 6.41 Å². The fourth-order valence-electron chi connectivity index (χ4n) is 2.01. The zero-order chi connectivity index (χ0) is 8.39. The third-order valence-electron chi connectivity index (χ3n) is 2.65. The number of rotatable bonds is 1. The summed E-state index contributed by atoms with van der Waals surface area (Å²) in [5.41, 5.74) is 1.22. The van der Waals surface area contributed by atoms with E-state index in [1.807, 2.05) is 11.0 Å². The van der Waals surface area contributed by atoms with Crippen LogP contribution in [0.1, 0.15) is 19.3 Å². The highest BCUT2D eigenvalue weighted by atomic mass is 16.1. The molecule has 1 saturated heterocycles. The molecule has 64 valence electrons. The van der Waals surface area contributed by atoms with Crippen molar-refractivity contribution in [1.82, 2.24) is 4.90 Å². The fraction of sp³-hybridized carbons (Fsp3) is 0.500. The van der Waals surface area contributed by atoms with Gasteiger partial charge in [-0.2, -0.15) is 0 Å². The molecule has 1 atom stereocenters. The van der Waals surface area contributed by atoms with Crippen molar-refractivity contribution < 1.29 is 4.79 Å². The molecular formula is C10H13NO. The average molecular weight is 163 g/mol. The normalized spacial score (nSPS) is 27.8. The number of hydrogen-bond donors (Lipinski definition) is 0. The number of carbonyl (C=O) groups is 1. The molecule has 0 aromatic rings. The van der Waals surface area contributed by atoms with Crippen LogP contribution in [0.4, 0.5) is 0 Å². The topological polar surface area (TPSA) is 20.3 Å². The second kappa shape index (κ2) is 3.13. The molecule has 1 fully saturated rings. The summed E-state index contributed by atoms with van der Waals surface area (Å²) in [5, 5.41) is 0. The molecule has 2 aliphatic rings. The van der Waals surface area contributed by atoms with Gasteiger partial charge in [-0.05, 0) is 25.3 Å². The number of allylic oxidation sites excluding steroid dienone is 4. The molecule has 1 heterocycles. The lowest BCUT2D eigenvalue weighted by atomic mass is 9.88. The SMILES string of the molecule is O=CN1CCCC2CC=CC=C21. The minimum absolute atomic E-state index is 0.606. The molecule has 0 spiro atoms. The lowest BCUT2D eigenvalue weighted by Gasteiger charge is -2.33. The quantitative estimate of drug-likeness (QED) is 0.539. The predicted molar refractivity (Wildman–Crippen MR) is 47.3 cm³/mol. The van der Waals surface area contributed by atoms with E-state index in [1.54, 1.807) is 0 Å². The van der Waals surface area contributed by atoms with E-state index in [0.29, 0.717) is 5.92 Å². The van der Waals surface area contributed by atoms with Gasteiger partial charge in [-0.15, -0.1) is 0 Å². The average Bonchev–Trinajstić information content (AvgIpc) is 2.17. The van der Waals surface area contributed by atoms with Crippen LogP contribution in [0.3, 0.4) is 0 Å². The number of piperidine rings is 1. The monoisotopic (exact) mass is 163 g/mol. The van der Waals surface area contributed by atoms with Gasteiger partial charge in [0.15, 0.2) is 0 Å². The number of carbonyl (C=O) groups excluding carboxylic acids is 1. The van der Waals surface area contributed by atoms with Crippen LogP contribution in [0.25, 0.3) is 0 Å². The standard InChI is InChI=1S/C10H13NO/c12-8-11-7-3-5-9-4-1-2-6-10(9)11/h1-2,6,8-9H,3-5,7H2. The summed E-state index contributed by atoms with van der Waals surface area (Å²) >= 11 is 0. The Morgan fingerprint density at radius 1 is 1.58 bits per heavy atom. The third kappa shape index (κ3) is 1.17. The third-order valence-corrected chi connectivity index (χ3v) is 2.65. The van der Waals surface area contributed by atoms with E-state index in [4.69, 9.17) is 0 Å². The summed E-state index contributed by atoms with van der Waals surface area (Å²) in [5.74, 6) is 0.606. The van der Waals surface area contributed by atoms with Crippen LogP contribution in [-0.2, 0) is 4.79 Å². The first-order valence-electron chi connectivity index (χ1n) is 4.50. The van der Waals surface area contributed by atoms with Gasteiger partial charge in [-0.3, -0.25) is 4.79 Å². The summed E-state index contributed by atoms with van der Waals surface area (Å²) in [7, 11) is 0. The van der Waals surface area contributed by atoms with Crippen LogP contribution in [-0.4, -0.2) is 17.9 Å². The largest absolute Gasteiger partial charge is 0.318 e. The summed E-state index contributed by atoms with van der Waals surface area (Å²) in [6, 6.07) is 0. The molecule has 1 amide bonds. The molecule has 0 bridgehead atoms. The Kier molecular flexibility index (Phi) is 1.98. The Balaban J connectivity index is 2.22. The van der Waals surface area contributed by atoms with Gasteiger partial charge in [0.1, 0.15) is 0 Å². The van der Waals surface area contributed by atoms with E-state index >= 15 is 0 Å². The van der Waals surface area contributed by atoms with E-state index in [2.05, 4.69) is 12.2 Å². The highest BCUT2D eigenvalue weighted by molar-refractivity contribution is 5.52. The summed E-state index contributed by atoms with van der Waals surface area (Å²) < 4.78 is 0. The summed E-state index contributed by atoms with van der Waals surface area (Å²) in [6.07, 6.45) is 10.8. The van der Waals surface area contributed by atoms with Gasteiger partial charge in [-0.1, -0.05) is 12.2 Å². The first kappa shape index (κ1) is 7.59. The van der Waals surface area contributed by atoms with Crippen LogP contribution in [0.15, 0.2) is 23.9 Å². The number of hydrogen-bond acceptors (Lipinski definition) is 1. The van der Waals surface area contributed by atoms with Gasteiger partial charge < -0.3 is 4.90 Å². The fourth-order valence-corrected chi connectivity index (χ4v) is 2.01. The van der Waals surface area contributed by atoms with E-state index in [1.165, 1.54) is 12.1 Å². The summed E-state index contributed by atoms with van der Waals surface area (Å²) in [4.78, 5) is 12.5. The maximum atomic E-state index is 10.7. The van der Waals surface area contributed by atoms with Crippen LogP contribution in [0.5, 0.6) is 0 Å². The molecule has 0 aromatic carbocycles. The van der Waals surface area contributed by atoms with E-state index in [9.17, 15) is 4.79 Å². The second-order valence-corrected chi connectivity index (χ2v) is 3.39. The Morgan fingerprint density at radius 2 is 2.50 bits per heavy atom. The van der Waals surface area contributed by atoms with Crippen LogP contribution < -0.4 is 0 Å². The van der Waals surface area contributed by atoms with Crippen molar-refractivity contribution in [2.45, 2.75) is 19.3 Å². The van der Waals surface area contributed by atoms with E-state index < -0.39 is 0 Å². The molecule has 0 radical (unpaired) electrons. The number of fused-ring (bicyclic) bond motifs is 1. The molecule has 1 aliphatic carbocycles. The van der Waals surface area contributed by atoms with Crippen molar-refractivity contribution in [3.63, 3.8) is 0 Å². The minimum Gasteiger partial charge on any atom is -0.318 e. The zero-order valence-electron chi connectivity index (χ0n) is 7.07. The Morgan fingerprint density at radius 3 is 3.33 bits per heavy atom. The molecule has 1 unspecified atom stereocenters. The Labute approximate surface area is 72.6 Å². The maximum Gasteiger partial charge on any atom is 0.213 e. The first-order chi connectivity index (χ1) is 5.92. The van der Waals surface area contributed by atoms with Crippen LogP contribution >= 0.6 is 0 Å². The van der Waals surface area contributed by atoms with E-state index in [-0.39, 0.29) is 0 Å². The zero-order valence-corrected chi connectivity index (χ0v) is 7.07. The second-order valence-electron chi connectivity index (χ2n) is 3.39. The molecule has 2 heteroatoms. The maximum absolute atomic E-state index is 10.7. The summed E-state index contributed by atoms with van der Waals surface area (Å²) in [6.45, 7) is 0.902. The molecule has 0 N–H and O–H groups in total. The Hall–Kier alpha value is -1.05. The van der Waals surface area contributed by atoms with Gasteiger partial charge >= 0.3 is 0 Å². The number of amides is 1. The van der Waals surface area contributed by atoms with Gasteiger partial charge in [0.2, 0.25) is 6.41 Å². The highest BCUT2D eigenvalue weighted by Crippen LogP contribution is 2.31. The lowest BCUT2D eigenvalue weighted by molar-refractivity contribution is -0.117. The molecule has 1 aliphatic heterocycles. The molecule has 2 nitrogen and oxygen atoms in total. The van der Waals surface area contributed by atoms with Crippen LogP contribution in [0.2, 0.25) is 0 Å². The van der Waals surface area contributed by atoms with Gasteiger partial charge in [0.05, 0.1) is 0 Å². The minimum atomic E-state index is 0.606. The molecule has 0 saturated carbocycles. The smallest absolute Gasteiger partial charge is 0.213 e. The lowest BCUT2D eigenvalue weighted by Crippen LogP contribution is -2.32. The molecule has 12 heavy (non-hydrogen) atoms.